The molecule has 1 aromatic rings. The number of ether oxygens (including phenoxy) is 1. The lowest BCUT2D eigenvalue weighted by Gasteiger charge is -2.33. The van der Waals surface area contributed by atoms with Gasteiger partial charge in [0.25, 0.3) is 0 Å². The van der Waals surface area contributed by atoms with Crippen molar-refractivity contribution in [3.63, 3.8) is 0 Å². The molecule has 0 amide bonds. The Bertz CT molecular complexity index is 662. The van der Waals surface area contributed by atoms with Crippen LogP contribution in [-0.4, -0.2) is 46.0 Å². The van der Waals surface area contributed by atoms with Gasteiger partial charge in [-0.25, -0.2) is 0 Å². The zero-order valence-corrected chi connectivity index (χ0v) is 18.1. The molecule has 1 aliphatic carbocycles. The van der Waals surface area contributed by atoms with Crippen molar-refractivity contribution in [3.8, 4) is 0 Å². The largest absolute Gasteiger partial charge is 0.469 e. The topological polar surface area (TPSA) is 66.8 Å². The van der Waals surface area contributed by atoms with Crippen molar-refractivity contribution in [3.05, 3.63) is 48.0 Å². The average Bonchev–Trinajstić information content (AvgIpc) is 3.05. The van der Waals surface area contributed by atoms with Crippen molar-refractivity contribution in [2.75, 3.05) is 7.11 Å². The van der Waals surface area contributed by atoms with E-state index in [0.29, 0.717) is 29.3 Å². The third kappa shape index (κ3) is 6.59. The van der Waals surface area contributed by atoms with Crippen molar-refractivity contribution >= 4 is 17.7 Å². The molecule has 160 valence electrons. The van der Waals surface area contributed by atoms with Gasteiger partial charge >= 0.3 is 5.97 Å². The maximum Gasteiger partial charge on any atom is 0.305 e. The summed E-state index contributed by atoms with van der Waals surface area (Å²) in [6.45, 7) is 0. The molecule has 29 heavy (non-hydrogen) atoms. The molecule has 1 saturated carbocycles. The monoisotopic (exact) mass is 418 g/mol. The molecule has 1 aliphatic heterocycles. The highest BCUT2D eigenvalue weighted by Gasteiger charge is 2.44. The third-order valence-electron chi connectivity index (χ3n) is 6.34. The quantitative estimate of drug-likeness (QED) is 0.466. The fourth-order valence-electron chi connectivity index (χ4n) is 4.70. The third-order valence-corrected chi connectivity index (χ3v) is 8.09. The van der Waals surface area contributed by atoms with E-state index in [-0.39, 0.29) is 18.0 Å². The number of aliphatic hydroxyl groups is 2. The van der Waals surface area contributed by atoms with Gasteiger partial charge in [0.05, 0.1) is 19.3 Å². The van der Waals surface area contributed by atoms with Crippen LogP contribution in [0.2, 0.25) is 0 Å². The van der Waals surface area contributed by atoms with E-state index >= 15 is 0 Å². The van der Waals surface area contributed by atoms with Crippen LogP contribution in [0, 0.1) is 11.8 Å². The lowest BCUT2D eigenvalue weighted by atomic mass is 9.88. The van der Waals surface area contributed by atoms with Gasteiger partial charge in [-0.2, -0.15) is 11.8 Å². The van der Waals surface area contributed by atoms with E-state index in [9.17, 15) is 15.0 Å². The molecule has 3 rings (SSSR count). The van der Waals surface area contributed by atoms with Crippen molar-refractivity contribution in [1.29, 1.82) is 0 Å². The highest BCUT2D eigenvalue weighted by Crippen LogP contribution is 2.49. The summed E-state index contributed by atoms with van der Waals surface area (Å²) in [7, 11) is 1.44. The molecule has 0 spiro atoms. The normalized spacial score (nSPS) is 30.2. The van der Waals surface area contributed by atoms with Crippen LogP contribution in [0.3, 0.4) is 0 Å². The number of aryl methyl sites for hydroxylation is 1. The standard InChI is InChI=1S/C24H34O4S/c1-28-24(27)9-5-8-19-13-15-21-20(22(26)16-23(21)29-19)14-12-18(25)11-10-17-6-3-2-4-7-17/h2-4,6-7,12,14,18-23,25-26H,5,8-11,13,15-16H2,1H3/b14-12+/t18-,19-,20-,21-,22-,23+/m1/s1. The van der Waals surface area contributed by atoms with E-state index in [1.165, 1.54) is 12.7 Å². The minimum Gasteiger partial charge on any atom is -0.469 e. The first kappa shape index (κ1) is 22.4. The zero-order valence-electron chi connectivity index (χ0n) is 17.3. The second kappa shape index (κ2) is 11.2. The Labute approximate surface area is 178 Å². The molecule has 4 nitrogen and oxygen atoms in total. The first-order chi connectivity index (χ1) is 14.1. The highest BCUT2D eigenvalue weighted by atomic mass is 32.2. The second-order valence-corrected chi connectivity index (χ2v) is 9.91. The van der Waals surface area contributed by atoms with Gasteiger partial charge in [0, 0.05) is 22.8 Å². The first-order valence-corrected chi connectivity index (χ1v) is 11.8. The molecule has 0 bridgehead atoms. The molecule has 0 radical (unpaired) electrons. The number of esters is 1. The minimum atomic E-state index is -0.469. The predicted molar refractivity (Wildman–Crippen MR) is 118 cm³/mol. The molecule has 1 heterocycles. The van der Waals surface area contributed by atoms with Gasteiger partial charge in [0.2, 0.25) is 0 Å². The number of carbonyl (C=O) groups is 1. The number of methoxy groups -OCH3 is 1. The molecule has 2 N–H and O–H groups in total. The molecular weight excluding hydrogens is 384 g/mol. The van der Waals surface area contributed by atoms with Crippen LogP contribution in [0.15, 0.2) is 42.5 Å². The number of fused-ring (bicyclic) bond motifs is 1. The average molecular weight is 419 g/mol. The number of hydrogen-bond acceptors (Lipinski definition) is 5. The van der Waals surface area contributed by atoms with Crippen molar-refractivity contribution in [2.45, 2.75) is 74.1 Å². The van der Waals surface area contributed by atoms with Crippen LogP contribution >= 0.6 is 11.8 Å². The molecule has 2 fully saturated rings. The fraction of sp³-hybridized carbons (Fsp3) is 0.625. The molecule has 1 saturated heterocycles. The Morgan fingerprint density at radius 1 is 1.31 bits per heavy atom. The van der Waals surface area contributed by atoms with Gasteiger partial charge in [0.15, 0.2) is 0 Å². The zero-order chi connectivity index (χ0) is 20.6. The van der Waals surface area contributed by atoms with Crippen molar-refractivity contribution < 1.29 is 19.7 Å². The van der Waals surface area contributed by atoms with E-state index in [1.54, 1.807) is 0 Å². The summed E-state index contributed by atoms with van der Waals surface area (Å²) < 4.78 is 4.72. The van der Waals surface area contributed by atoms with Crippen molar-refractivity contribution in [2.24, 2.45) is 11.8 Å². The number of rotatable bonds is 9. The van der Waals surface area contributed by atoms with E-state index < -0.39 is 6.10 Å². The molecular formula is C24H34O4S. The Hall–Kier alpha value is -1.30. The molecule has 2 aliphatic rings. The van der Waals surface area contributed by atoms with Gasteiger partial charge in [-0.1, -0.05) is 42.5 Å². The summed E-state index contributed by atoms with van der Waals surface area (Å²) in [6, 6.07) is 10.2. The Morgan fingerprint density at radius 3 is 2.86 bits per heavy atom. The molecule has 1 aromatic carbocycles. The van der Waals surface area contributed by atoms with Crippen LogP contribution in [0.25, 0.3) is 0 Å². The SMILES string of the molecule is COC(=O)CCC[C@@H]1CC[C@@H]2[C@@H](/C=C/[C@H](O)CCc3ccccc3)[C@H](O)C[C@@H]2S1. The minimum absolute atomic E-state index is 0.129. The summed E-state index contributed by atoms with van der Waals surface area (Å²) >= 11 is 2.00. The summed E-state index contributed by atoms with van der Waals surface area (Å²) in [5, 5.41) is 22.0. The van der Waals surface area contributed by atoms with Crippen LogP contribution in [-0.2, 0) is 16.0 Å². The molecule has 0 aromatic heterocycles. The van der Waals surface area contributed by atoms with E-state index in [4.69, 9.17) is 4.74 Å². The van der Waals surface area contributed by atoms with Gasteiger partial charge < -0.3 is 14.9 Å². The van der Waals surface area contributed by atoms with Crippen LogP contribution in [0.1, 0.15) is 50.5 Å². The Morgan fingerprint density at radius 2 is 2.10 bits per heavy atom. The molecule has 6 atom stereocenters. The summed E-state index contributed by atoms with van der Waals surface area (Å²) in [5.41, 5.74) is 1.24. The summed E-state index contributed by atoms with van der Waals surface area (Å²) in [5.74, 6) is 0.510. The van der Waals surface area contributed by atoms with Crippen LogP contribution in [0.4, 0.5) is 0 Å². The van der Waals surface area contributed by atoms with Gasteiger partial charge in [-0.15, -0.1) is 0 Å². The lowest BCUT2D eigenvalue weighted by molar-refractivity contribution is -0.140. The van der Waals surface area contributed by atoms with Crippen LogP contribution in [0.5, 0.6) is 0 Å². The number of benzene rings is 1. The van der Waals surface area contributed by atoms with E-state index in [2.05, 4.69) is 18.2 Å². The number of thioether (sulfide) groups is 1. The van der Waals surface area contributed by atoms with Crippen LogP contribution < -0.4 is 0 Å². The smallest absolute Gasteiger partial charge is 0.305 e. The Kier molecular flexibility index (Phi) is 8.64. The fourth-order valence-corrected chi connectivity index (χ4v) is 6.60. The maximum absolute atomic E-state index is 11.3. The van der Waals surface area contributed by atoms with E-state index in [1.807, 2.05) is 36.0 Å². The predicted octanol–water partition coefficient (Wildman–Crippen LogP) is 4.14. The lowest BCUT2D eigenvalue weighted by Crippen LogP contribution is -2.26. The maximum atomic E-state index is 11.3. The first-order valence-electron chi connectivity index (χ1n) is 10.9. The second-order valence-electron chi connectivity index (χ2n) is 8.36. The highest BCUT2D eigenvalue weighted by molar-refractivity contribution is 8.00. The molecule has 5 heteroatoms. The van der Waals surface area contributed by atoms with Gasteiger partial charge in [-0.3, -0.25) is 4.79 Å². The number of aliphatic hydroxyl groups excluding tert-OH is 2. The van der Waals surface area contributed by atoms with Gasteiger partial charge in [0.1, 0.15) is 0 Å². The van der Waals surface area contributed by atoms with Crippen molar-refractivity contribution in [1.82, 2.24) is 0 Å². The Balaban J connectivity index is 1.44. The van der Waals surface area contributed by atoms with Gasteiger partial charge in [-0.05, 0) is 56.4 Å². The number of hydrogen-bond donors (Lipinski definition) is 2. The number of carbonyl (C=O) groups excluding carboxylic acids is 1. The molecule has 0 unspecified atom stereocenters. The summed E-state index contributed by atoms with van der Waals surface area (Å²) in [4.78, 5) is 11.3. The van der Waals surface area contributed by atoms with E-state index in [0.717, 1.165) is 38.5 Å². The summed E-state index contributed by atoms with van der Waals surface area (Å²) in [6.07, 6.45) is 10.2.